The average Bonchev–Trinajstić information content (AvgIpc) is 3.01. The molecule has 0 heterocycles. The van der Waals surface area contributed by atoms with Gasteiger partial charge in [0.15, 0.2) is 0 Å². The number of carbonyl (C=O) groups excluding carboxylic acids is 2. The lowest BCUT2D eigenvalue weighted by Gasteiger charge is -2.16. The van der Waals surface area contributed by atoms with E-state index in [0.717, 1.165) is 31.2 Å². The van der Waals surface area contributed by atoms with Crippen LogP contribution in [0.5, 0.6) is 0 Å². The van der Waals surface area contributed by atoms with E-state index in [1.165, 1.54) is 0 Å². The third kappa shape index (κ3) is 5.38. The zero-order valence-corrected chi connectivity index (χ0v) is 14.2. The van der Waals surface area contributed by atoms with E-state index in [4.69, 9.17) is 9.47 Å². The Hall–Kier alpha value is -1.84. The molecule has 0 radical (unpaired) electrons. The first-order valence-electron chi connectivity index (χ1n) is 8.46. The van der Waals surface area contributed by atoms with Crippen molar-refractivity contribution in [2.75, 3.05) is 0 Å². The molecule has 0 aliphatic heterocycles. The van der Waals surface area contributed by atoms with E-state index in [-0.39, 0.29) is 30.1 Å². The average molecular weight is 318 g/mol. The Morgan fingerprint density at radius 3 is 2.48 bits per heavy atom. The van der Waals surface area contributed by atoms with Gasteiger partial charge in [-0.25, -0.2) is 4.79 Å². The minimum Gasteiger partial charge on any atom is -0.462 e. The molecule has 2 rings (SSSR count). The van der Waals surface area contributed by atoms with Crippen LogP contribution in [0.15, 0.2) is 24.3 Å². The Bertz CT molecular complexity index is 544. The van der Waals surface area contributed by atoms with E-state index in [2.05, 4.69) is 0 Å². The lowest BCUT2D eigenvalue weighted by molar-refractivity contribution is -0.152. The first kappa shape index (κ1) is 17.5. The quantitative estimate of drug-likeness (QED) is 0.746. The van der Waals surface area contributed by atoms with Crippen molar-refractivity contribution in [3.63, 3.8) is 0 Å². The standard InChI is InChI=1S/C19H26O4/c1-13(2)22-19(21)17-10-6-7-15(12-17)11-14(3)23-18(20)16-8-4-5-9-16/h6-7,10,12-14,16H,4-5,8-9,11H2,1-3H3. The highest BCUT2D eigenvalue weighted by Gasteiger charge is 2.25. The predicted molar refractivity (Wildman–Crippen MR) is 88.2 cm³/mol. The van der Waals surface area contributed by atoms with Crippen LogP contribution in [0.3, 0.4) is 0 Å². The first-order chi connectivity index (χ1) is 11.0. The van der Waals surface area contributed by atoms with E-state index in [1.807, 2.05) is 39.0 Å². The number of rotatable bonds is 6. The molecule has 0 amide bonds. The molecule has 1 saturated carbocycles. The third-order valence-corrected chi connectivity index (χ3v) is 4.03. The molecule has 0 bridgehead atoms. The summed E-state index contributed by atoms with van der Waals surface area (Å²) in [7, 11) is 0. The van der Waals surface area contributed by atoms with Crippen molar-refractivity contribution in [1.29, 1.82) is 0 Å². The molecule has 1 aromatic rings. The Morgan fingerprint density at radius 2 is 1.83 bits per heavy atom. The number of hydrogen-bond donors (Lipinski definition) is 0. The number of hydrogen-bond acceptors (Lipinski definition) is 4. The fraction of sp³-hybridized carbons (Fsp3) is 0.579. The summed E-state index contributed by atoms with van der Waals surface area (Å²) < 4.78 is 10.8. The molecule has 1 unspecified atom stereocenters. The van der Waals surface area contributed by atoms with Gasteiger partial charge in [0.05, 0.1) is 17.6 Å². The first-order valence-corrected chi connectivity index (χ1v) is 8.46. The summed E-state index contributed by atoms with van der Waals surface area (Å²) in [5, 5.41) is 0. The molecule has 4 heteroatoms. The maximum Gasteiger partial charge on any atom is 0.338 e. The maximum absolute atomic E-state index is 12.0. The van der Waals surface area contributed by atoms with Crippen LogP contribution in [0.1, 0.15) is 62.4 Å². The van der Waals surface area contributed by atoms with Crippen LogP contribution < -0.4 is 0 Å². The molecule has 0 N–H and O–H groups in total. The molecule has 1 aliphatic rings. The second-order valence-corrected chi connectivity index (χ2v) is 6.59. The zero-order chi connectivity index (χ0) is 16.8. The van der Waals surface area contributed by atoms with Gasteiger partial charge in [-0.3, -0.25) is 4.79 Å². The molecule has 1 fully saturated rings. The Labute approximate surface area is 138 Å². The SMILES string of the molecule is CC(C)OC(=O)c1cccc(CC(C)OC(=O)C2CCCC2)c1. The zero-order valence-electron chi connectivity index (χ0n) is 14.2. The highest BCUT2D eigenvalue weighted by atomic mass is 16.5. The lowest BCUT2D eigenvalue weighted by Crippen LogP contribution is -2.22. The highest BCUT2D eigenvalue weighted by molar-refractivity contribution is 5.89. The van der Waals surface area contributed by atoms with Crippen molar-refractivity contribution in [1.82, 2.24) is 0 Å². The summed E-state index contributed by atoms with van der Waals surface area (Å²) in [5.74, 6) is -0.326. The molecule has 0 saturated heterocycles. The number of ether oxygens (including phenoxy) is 2. The van der Waals surface area contributed by atoms with Crippen molar-refractivity contribution in [2.45, 2.75) is 65.1 Å². The summed E-state index contributed by atoms with van der Waals surface area (Å²) in [6, 6.07) is 7.32. The van der Waals surface area contributed by atoms with Gasteiger partial charge in [0, 0.05) is 6.42 Å². The van der Waals surface area contributed by atoms with Crippen molar-refractivity contribution >= 4 is 11.9 Å². The largest absolute Gasteiger partial charge is 0.462 e. The summed E-state index contributed by atoms with van der Waals surface area (Å²) >= 11 is 0. The molecular weight excluding hydrogens is 292 g/mol. The van der Waals surface area contributed by atoms with Crippen LogP contribution in [0.4, 0.5) is 0 Å². The Balaban J connectivity index is 1.91. The normalized spacial score (nSPS) is 16.3. The predicted octanol–water partition coefficient (Wildman–Crippen LogP) is 3.92. The molecule has 1 atom stereocenters. The fourth-order valence-electron chi connectivity index (χ4n) is 2.94. The van der Waals surface area contributed by atoms with E-state index in [0.29, 0.717) is 12.0 Å². The van der Waals surface area contributed by atoms with Crippen molar-refractivity contribution in [3.05, 3.63) is 35.4 Å². The Morgan fingerprint density at radius 1 is 1.13 bits per heavy atom. The number of benzene rings is 1. The van der Waals surface area contributed by atoms with Gasteiger partial charge in [-0.05, 0) is 51.3 Å². The minimum absolute atomic E-state index is 0.0739. The second kappa shape index (κ2) is 8.14. The number of carbonyl (C=O) groups is 2. The summed E-state index contributed by atoms with van der Waals surface area (Å²) in [4.78, 5) is 24.0. The summed E-state index contributed by atoms with van der Waals surface area (Å²) in [6.07, 6.45) is 4.39. The number of esters is 2. The summed E-state index contributed by atoms with van der Waals surface area (Å²) in [5.41, 5.74) is 1.50. The van der Waals surface area contributed by atoms with Gasteiger partial charge in [0.25, 0.3) is 0 Å². The maximum atomic E-state index is 12.0. The minimum atomic E-state index is -0.322. The van der Waals surface area contributed by atoms with E-state index >= 15 is 0 Å². The molecule has 23 heavy (non-hydrogen) atoms. The van der Waals surface area contributed by atoms with Crippen LogP contribution in [0.25, 0.3) is 0 Å². The monoisotopic (exact) mass is 318 g/mol. The smallest absolute Gasteiger partial charge is 0.338 e. The van der Waals surface area contributed by atoms with Gasteiger partial charge in [-0.15, -0.1) is 0 Å². The molecule has 1 aliphatic carbocycles. The van der Waals surface area contributed by atoms with Crippen molar-refractivity contribution in [3.8, 4) is 0 Å². The second-order valence-electron chi connectivity index (χ2n) is 6.59. The molecule has 126 valence electrons. The molecule has 0 aromatic heterocycles. The highest BCUT2D eigenvalue weighted by Crippen LogP contribution is 2.26. The van der Waals surface area contributed by atoms with Gasteiger partial charge < -0.3 is 9.47 Å². The van der Waals surface area contributed by atoms with Crippen molar-refractivity contribution in [2.24, 2.45) is 5.92 Å². The lowest BCUT2D eigenvalue weighted by atomic mass is 10.0. The van der Waals surface area contributed by atoms with Crippen molar-refractivity contribution < 1.29 is 19.1 Å². The molecular formula is C19H26O4. The van der Waals surface area contributed by atoms with E-state index in [1.54, 1.807) is 6.07 Å². The molecule has 1 aromatic carbocycles. The third-order valence-electron chi connectivity index (χ3n) is 4.03. The van der Waals surface area contributed by atoms with E-state index in [9.17, 15) is 9.59 Å². The van der Waals surface area contributed by atoms with Gasteiger partial charge in [0.1, 0.15) is 6.10 Å². The van der Waals surface area contributed by atoms with Gasteiger partial charge >= 0.3 is 11.9 Å². The summed E-state index contributed by atoms with van der Waals surface area (Å²) in [6.45, 7) is 5.55. The van der Waals surface area contributed by atoms with Gasteiger partial charge in [-0.2, -0.15) is 0 Å². The topological polar surface area (TPSA) is 52.6 Å². The van der Waals surface area contributed by atoms with Crippen LogP contribution >= 0.6 is 0 Å². The Kier molecular flexibility index (Phi) is 6.20. The van der Waals surface area contributed by atoms with Gasteiger partial charge in [-0.1, -0.05) is 25.0 Å². The van der Waals surface area contributed by atoms with E-state index < -0.39 is 0 Å². The van der Waals surface area contributed by atoms with Crippen LogP contribution in [-0.2, 0) is 20.7 Å². The fourth-order valence-corrected chi connectivity index (χ4v) is 2.94. The van der Waals surface area contributed by atoms with Gasteiger partial charge in [0.2, 0.25) is 0 Å². The molecule has 4 nitrogen and oxygen atoms in total. The molecule has 0 spiro atoms. The van der Waals surface area contributed by atoms with Crippen LogP contribution in [0.2, 0.25) is 0 Å². The van der Waals surface area contributed by atoms with Crippen LogP contribution in [0, 0.1) is 5.92 Å². The van der Waals surface area contributed by atoms with Crippen LogP contribution in [-0.4, -0.2) is 24.1 Å².